The zero-order valence-electron chi connectivity index (χ0n) is 18.6. The standard InChI is InChI=1S/C28H22ClFN2O2S/c29-27-24(35-23-12-6-5-11-22(23)32(33)34)15-19-26(27)25-17-8-2-1-7-16(17)13-14-21(25)31-28(19)18-9-3-4-10-20(18)30/h1-14,19,24,26-28,31H,15H2/t19-,24+,26-,27+,28+/m1/s1. The molecule has 1 aliphatic carbocycles. The minimum absolute atomic E-state index is 0.0242. The third kappa shape index (κ3) is 3.76. The zero-order valence-corrected chi connectivity index (χ0v) is 20.2. The first kappa shape index (κ1) is 22.4. The molecule has 0 unspecified atom stereocenters. The summed E-state index contributed by atoms with van der Waals surface area (Å²) in [7, 11) is 0. The molecule has 0 aromatic heterocycles. The van der Waals surface area contributed by atoms with Crippen LogP contribution in [0.2, 0.25) is 0 Å². The molecule has 176 valence electrons. The van der Waals surface area contributed by atoms with Crippen LogP contribution in [0.4, 0.5) is 15.8 Å². The SMILES string of the molecule is O=[N+]([O-])c1ccccc1S[C@H]1C[C@@H]2[C@H](c3c(ccc4ccccc34)N[C@H]2c2ccccc2F)[C@H]1Cl. The van der Waals surface area contributed by atoms with Gasteiger partial charge in [0.05, 0.1) is 21.2 Å². The molecule has 0 radical (unpaired) electrons. The van der Waals surface area contributed by atoms with Crippen molar-refractivity contribution in [2.75, 3.05) is 5.32 Å². The van der Waals surface area contributed by atoms with E-state index in [0.717, 1.165) is 22.0 Å². The molecule has 1 heterocycles. The van der Waals surface area contributed by atoms with Crippen molar-refractivity contribution in [1.82, 2.24) is 0 Å². The molecule has 0 bridgehead atoms. The van der Waals surface area contributed by atoms with E-state index < -0.39 is 0 Å². The number of nitrogens with one attached hydrogen (secondary N) is 1. The lowest BCUT2D eigenvalue weighted by molar-refractivity contribution is -0.387. The van der Waals surface area contributed by atoms with Crippen molar-refractivity contribution in [3.05, 3.63) is 112 Å². The molecule has 5 atom stereocenters. The number of nitro groups is 1. The Bertz CT molecular complexity index is 1450. The van der Waals surface area contributed by atoms with Crippen LogP contribution in [0.25, 0.3) is 10.8 Å². The fraction of sp³-hybridized carbons (Fsp3) is 0.214. The molecule has 4 aromatic carbocycles. The van der Waals surface area contributed by atoms with Crippen molar-refractivity contribution in [3.8, 4) is 0 Å². The number of benzene rings is 4. The van der Waals surface area contributed by atoms with Gasteiger partial charge in [0.1, 0.15) is 5.82 Å². The van der Waals surface area contributed by atoms with Crippen molar-refractivity contribution in [2.24, 2.45) is 5.92 Å². The largest absolute Gasteiger partial charge is 0.378 e. The second-order valence-corrected chi connectivity index (χ2v) is 10.9. The summed E-state index contributed by atoms with van der Waals surface area (Å²) in [4.78, 5) is 11.9. The van der Waals surface area contributed by atoms with E-state index in [-0.39, 0.29) is 44.9 Å². The first-order chi connectivity index (χ1) is 17.0. The Labute approximate surface area is 211 Å². The van der Waals surface area contributed by atoms with Crippen molar-refractivity contribution in [2.45, 2.75) is 33.9 Å². The van der Waals surface area contributed by atoms with Gasteiger partial charge in [-0.15, -0.1) is 23.4 Å². The quantitative estimate of drug-likeness (QED) is 0.174. The zero-order chi connectivity index (χ0) is 24.1. The maximum Gasteiger partial charge on any atom is 0.282 e. The molecule has 6 rings (SSSR count). The number of hydrogen-bond acceptors (Lipinski definition) is 4. The summed E-state index contributed by atoms with van der Waals surface area (Å²) in [6.07, 6.45) is 0.713. The van der Waals surface area contributed by atoms with Gasteiger partial charge in [-0.1, -0.05) is 60.7 Å². The smallest absolute Gasteiger partial charge is 0.282 e. The molecule has 4 aromatic rings. The number of anilines is 1. The van der Waals surface area contributed by atoms with Gasteiger partial charge in [0.2, 0.25) is 0 Å². The van der Waals surface area contributed by atoms with E-state index in [9.17, 15) is 14.5 Å². The number of nitro benzene ring substituents is 1. The fourth-order valence-electron chi connectivity index (χ4n) is 5.80. The molecule has 1 aliphatic heterocycles. The Morgan fingerprint density at radius 1 is 0.971 bits per heavy atom. The Hall–Kier alpha value is -3.09. The summed E-state index contributed by atoms with van der Waals surface area (Å²) in [6.45, 7) is 0. The van der Waals surface area contributed by atoms with Crippen molar-refractivity contribution < 1.29 is 9.31 Å². The van der Waals surface area contributed by atoms with Gasteiger partial charge in [-0.05, 0) is 46.9 Å². The third-order valence-electron chi connectivity index (χ3n) is 7.29. The minimum atomic E-state index is -0.347. The molecule has 7 heteroatoms. The molecule has 0 amide bonds. The number of para-hydroxylation sites is 1. The fourth-order valence-corrected chi connectivity index (χ4v) is 7.74. The van der Waals surface area contributed by atoms with Gasteiger partial charge in [-0.3, -0.25) is 10.1 Å². The summed E-state index contributed by atoms with van der Waals surface area (Å²) >= 11 is 8.71. The molecule has 0 spiro atoms. The lowest BCUT2D eigenvalue weighted by Gasteiger charge is -2.39. The topological polar surface area (TPSA) is 55.2 Å². The minimum Gasteiger partial charge on any atom is -0.378 e. The van der Waals surface area contributed by atoms with E-state index in [2.05, 4.69) is 29.6 Å². The highest BCUT2D eigenvalue weighted by Crippen LogP contribution is 2.59. The first-order valence-corrected chi connectivity index (χ1v) is 12.9. The van der Waals surface area contributed by atoms with E-state index in [4.69, 9.17) is 11.6 Å². The van der Waals surface area contributed by atoms with Gasteiger partial charge >= 0.3 is 0 Å². The van der Waals surface area contributed by atoms with Crippen LogP contribution in [0.5, 0.6) is 0 Å². The van der Waals surface area contributed by atoms with E-state index in [1.807, 2.05) is 30.3 Å². The lowest BCUT2D eigenvalue weighted by atomic mass is 9.75. The number of rotatable bonds is 4. The molecule has 2 aliphatic rings. The van der Waals surface area contributed by atoms with Gasteiger partial charge < -0.3 is 5.32 Å². The third-order valence-corrected chi connectivity index (χ3v) is 9.40. The Balaban J connectivity index is 1.47. The Morgan fingerprint density at radius 3 is 2.54 bits per heavy atom. The second kappa shape index (κ2) is 8.85. The molecule has 1 saturated carbocycles. The Morgan fingerprint density at radius 2 is 1.71 bits per heavy atom. The van der Waals surface area contributed by atoms with Crippen LogP contribution < -0.4 is 5.32 Å². The number of thioether (sulfide) groups is 1. The highest BCUT2D eigenvalue weighted by Gasteiger charge is 2.51. The van der Waals surface area contributed by atoms with Crippen LogP contribution in [0, 0.1) is 21.8 Å². The normalized spacial score (nSPS) is 25.0. The van der Waals surface area contributed by atoms with Crippen LogP contribution in [-0.2, 0) is 0 Å². The average molecular weight is 505 g/mol. The maximum atomic E-state index is 15.0. The molecular weight excluding hydrogens is 483 g/mol. The van der Waals surface area contributed by atoms with E-state index in [1.165, 1.54) is 23.9 Å². The number of nitrogens with zero attached hydrogens (tertiary/aromatic N) is 1. The van der Waals surface area contributed by atoms with Gasteiger partial charge in [-0.25, -0.2) is 4.39 Å². The van der Waals surface area contributed by atoms with Gasteiger partial charge in [0.25, 0.3) is 5.69 Å². The van der Waals surface area contributed by atoms with Gasteiger partial charge in [0.15, 0.2) is 0 Å². The second-order valence-electron chi connectivity index (χ2n) is 9.14. The number of halogens is 2. The number of hydrogen-bond donors (Lipinski definition) is 1. The highest BCUT2D eigenvalue weighted by atomic mass is 35.5. The predicted octanol–water partition coefficient (Wildman–Crippen LogP) is 7.93. The molecule has 0 saturated heterocycles. The van der Waals surface area contributed by atoms with Crippen molar-refractivity contribution in [1.29, 1.82) is 0 Å². The lowest BCUT2D eigenvalue weighted by Crippen LogP contribution is -2.31. The number of fused-ring (bicyclic) bond motifs is 5. The van der Waals surface area contributed by atoms with E-state index >= 15 is 0 Å². The van der Waals surface area contributed by atoms with Crippen molar-refractivity contribution in [3.63, 3.8) is 0 Å². The number of alkyl halides is 1. The maximum absolute atomic E-state index is 15.0. The summed E-state index contributed by atoms with van der Waals surface area (Å²) in [5.41, 5.74) is 2.85. The van der Waals surface area contributed by atoms with Crippen LogP contribution in [0.3, 0.4) is 0 Å². The molecule has 1 N–H and O–H groups in total. The average Bonchev–Trinajstić information content (AvgIpc) is 3.19. The monoisotopic (exact) mass is 504 g/mol. The van der Waals surface area contributed by atoms with Crippen LogP contribution in [-0.4, -0.2) is 15.6 Å². The molecule has 35 heavy (non-hydrogen) atoms. The summed E-state index contributed by atoms with van der Waals surface area (Å²) < 4.78 is 15.0. The molecule has 4 nitrogen and oxygen atoms in total. The first-order valence-electron chi connectivity index (χ1n) is 11.6. The summed E-state index contributed by atoms with van der Waals surface area (Å²) in [5.74, 6) is -0.231. The van der Waals surface area contributed by atoms with Crippen molar-refractivity contribution >= 4 is 45.5 Å². The van der Waals surface area contributed by atoms with E-state index in [1.54, 1.807) is 18.2 Å². The van der Waals surface area contributed by atoms with Crippen LogP contribution in [0.15, 0.2) is 89.8 Å². The molecular formula is C28H22ClFN2O2S. The molecule has 1 fully saturated rings. The van der Waals surface area contributed by atoms with Gasteiger partial charge in [-0.2, -0.15) is 0 Å². The highest BCUT2D eigenvalue weighted by molar-refractivity contribution is 8.00. The predicted molar refractivity (Wildman–Crippen MR) is 140 cm³/mol. The van der Waals surface area contributed by atoms with Gasteiger partial charge in [0, 0.05) is 28.5 Å². The summed E-state index contributed by atoms with van der Waals surface area (Å²) in [5, 5.41) is 17.2. The summed E-state index contributed by atoms with van der Waals surface area (Å²) in [6, 6.07) is 25.8. The van der Waals surface area contributed by atoms with Crippen LogP contribution in [0.1, 0.15) is 29.5 Å². The Kier molecular flexibility index (Phi) is 5.66. The van der Waals surface area contributed by atoms with E-state index in [0.29, 0.717) is 16.9 Å². The van der Waals surface area contributed by atoms with Crippen LogP contribution >= 0.6 is 23.4 Å².